The number of phenolic OH excluding ortho intramolecular Hbond substituents is 1. The van der Waals surface area contributed by atoms with Crippen molar-refractivity contribution in [2.24, 2.45) is 0 Å². The maximum Gasteiger partial charge on any atom is 0.117 e. The number of hydrogen-bond donors (Lipinski definition) is 2. The molecular weight excluding hydrogens is 200 g/mol. The minimum absolute atomic E-state index is 0.314. The van der Waals surface area contributed by atoms with Gasteiger partial charge < -0.3 is 15.3 Å². The second-order valence-electron chi connectivity index (χ2n) is 3.86. The number of hydrogen-bond acceptors (Lipinski definition) is 3. The summed E-state index contributed by atoms with van der Waals surface area (Å²) >= 11 is 0. The lowest BCUT2D eigenvalue weighted by molar-refractivity contribution is 0.303. The predicted molar refractivity (Wildman–Crippen MR) is 69.0 cm³/mol. The molecule has 0 radical (unpaired) electrons. The average Bonchev–Trinajstić information content (AvgIpc) is 2.29. The van der Waals surface area contributed by atoms with Crippen molar-refractivity contribution >= 4 is 5.69 Å². The van der Waals surface area contributed by atoms with Crippen molar-refractivity contribution in [3.8, 4) is 5.75 Å². The lowest BCUT2D eigenvalue weighted by atomic mass is 10.3. The lowest BCUT2D eigenvalue weighted by Crippen LogP contribution is -2.25. The van der Waals surface area contributed by atoms with Gasteiger partial charge in [-0.05, 0) is 38.2 Å². The van der Waals surface area contributed by atoms with Gasteiger partial charge in [0.15, 0.2) is 0 Å². The molecule has 0 saturated carbocycles. The molecule has 0 aliphatic carbocycles. The topological polar surface area (TPSA) is 35.5 Å². The number of anilines is 1. The Bertz CT molecular complexity index is 298. The maximum absolute atomic E-state index is 9.29. The normalized spacial score (nSPS) is 10.7. The van der Waals surface area contributed by atoms with Crippen molar-refractivity contribution in [2.45, 2.75) is 20.3 Å². The maximum atomic E-state index is 9.29. The van der Waals surface area contributed by atoms with E-state index in [1.165, 1.54) is 0 Å². The van der Waals surface area contributed by atoms with E-state index in [9.17, 15) is 5.11 Å². The van der Waals surface area contributed by atoms with Crippen LogP contribution in [0.5, 0.6) is 5.75 Å². The number of nitrogens with one attached hydrogen (secondary N) is 1. The summed E-state index contributed by atoms with van der Waals surface area (Å²) in [4.78, 5) is 2.41. The second-order valence-corrected chi connectivity index (χ2v) is 3.86. The van der Waals surface area contributed by atoms with Gasteiger partial charge in [-0.2, -0.15) is 0 Å². The van der Waals surface area contributed by atoms with Crippen molar-refractivity contribution in [1.29, 1.82) is 0 Å². The Morgan fingerprint density at radius 1 is 1.25 bits per heavy atom. The number of rotatable bonds is 7. The van der Waals surface area contributed by atoms with Crippen LogP contribution in [0.1, 0.15) is 20.3 Å². The Hall–Kier alpha value is -1.22. The van der Waals surface area contributed by atoms with E-state index in [0.29, 0.717) is 5.75 Å². The van der Waals surface area contributed by atoms with E-state index >= 15 is 0 Å². The number of benzene rings is 1. The molecule has 0 spiro atoms. The summed E-state index contributed by atoms with van der Waals surface area (Å²) in [5.41, 5.74) is 0.986. The Morgan fingerprint density at radius 3 is 2.62 bits per heavy atom. The fourth-order valence-electron chi connectivity index (χ4n) is 1.69. The monoisotopic (exact) mass is 222 g/mol. The van der Waals surface area contributed by atoms with Gasteiger partial charge >= 0.3 is 0 Å². The molecule has 0 heterocycles. The van der Waals surface area contributed by atoms with Crippen LogP contribution in [0, 0.1) is 0 Å². The van der Waals surface area contributed by atoms with Crippen LogP contribution in [0.3, 0.4) is 0 Å². The zero-order valence-electron chi connectivity index (χ0n) is 10.2. The molecule has 0 saturated heterocycles. The lowest BCUT2D eigenvalue weighted by Gasteiger charge is -2.17. The average molecular weight is 222 g/mol. The van der Waals surface area contributed by atoms with Gasteiger partial charge in [-0.1, -0.05) is 19.9 Å². The van der Waals surface area contributed by atoms with E-state index in [0.717, 1.165) is 38.3 Å². The number of aromatic hydroxyl groups is 1. The molecule has 0 fully saturated rings. The van der Waals surface area contributed by atoms with E-state index in [-0.39, 0.29) is 0 Å². The molecule has 3 nitrogen and oxygen atoms in total. The molecule has 0 bridgehead atoms. The molecule has 0 unspecified atom stereocenters. The Balaban J connectivity index is 2.20. The molecule has 0 atom stereocenters. The zero-order valence-corrected chi connectivity index (χ0v) is 10.2. The van der Waals surface area contributed by atoms with Gasteiger partial charge in [0.25, 0.3) is 0 Å². The molecule has 0 aliphatic rings. The van der Waals surface area contributed by atoms with E-state index < -0.39 is 0 Å². The van der Waals surface area contributed by atoms with E-state index in [1.807, 2.05) is 12.1 Å². The molecule has 1 aromatic carbocycles. The zero-order chi connectivity index (χ0) is 11.8. The highest BCUT2D eigenvalue weighted by atomic mass is 16.3. The van der Waals surface area contributed by atoms with Crippen LogP contribution >= 0.6 is 0 Å². The summed E-state index contributed by atoms with van der Waals surface area (Å²) in [6, 6.07) is 7.25. The first-order valence-electron chi connectivity index (χ1n) is 6.01. The standard InChI is InChI=1S/C13H22N2O/c1-3-15(4-2)10-6-9-14-12-7-5-8-13(16)11-12/h5,7-8,11,14,16H,3-4,6,9-10H2,1-2H3. The summed E-state index contributed by atoms with van der Waals surface area (Å²) in [7, 11) is 0. The first-order valence-corrected chi connectivity index (χ1v) is 6.01. The highest BCUT2D eigenvalue weighted by molar-refractivity contribution is 5.47. The SMILES string of the molecule is CCN(CC)CCCNc1cccc(O)c1. The Labute approximate surface area is 98.1 Å². The summed E-state index contributed by atoms with van der Waals surface area (Å²) in [5.74, 6) is 0.314. The smallest absolute Gasteiger partial charge is 0.117 e. The van der Waals surface area contributed by atoms with Crippen molar-refractivity contribution in [3.05, 3.63) is 24.3 Å². The minimum Gasteiger partial charge on any atom is -0.508 e. The molecule has 0 aromatic heterocycles. The van der Waals surface area contributed by atoms with Gasteiger partial charge in [-0.3, -0.25) is 0 Å². The first-order chi connectivity index (χ1) is 7.76. The number of nitrogens with zero attached hydrogens (tertiary/aromatic N) is 1. The molecule has 1 aromatic rings. The summed E-state index contributed by atoms with van der Waals surface area (Å²) in [6.07, 6.45) is 1.12. The summed E-state index contributed by atoms with van der Waals surface area (Å²) < 4.78 is 0. The van der Waals surface area contributed by atoms with Crippen molar-refractivity contribution in [1.82, 2.24) is 4.90 Å². The minimum atomic E-state index is 0.314. The van der Waals surface area contributed by atoms with Gasteiger partial charge in [-0.15, -0.1) is 0 Å². The first kappa shape index (κ1) is 12.8. The van der Waals surface area contributed by atoms with Crippen LogP contribution in [0.15, 0.2) is 24.3 Å². The van der Waals surface area contributed by atoms with Crippen LogP contribution < -0.4 is 5.32 Å². The quantitative estimate of drug-likeness (QED) is 0.696. The van der Waals surface area contributed by atoms with Gasteiger partial charge in [-0.25, -0.2) is 0 Å². The van der Waals surface area contributed by atoms with Crippen LogP contribution in [0.25, 0.3) is 0 Å². The van der Waals surface area contributed by atoms with Crippen LogP contribution in [0.2, 0.25) is 0 Å². The molecule has 1 rings (SSSR count). The fourth-order valence-corrected chi connectivity index (χ4v) is 1.69. The summed E-state index contributed by atoms with van der Waals surface area (Å²) in [6.45, 7) is 8.67. The summed E-state index contributed by atoms with van der Waals surface area (Å²) in [5, 5.41) is 12.6. The Morgan fingerprint density at radius 2 is 2.00 bits per heavy atom. The Kier molecular flexibility index (Phi) is 5.72. The van der Waals surface area contributed by atoms with Gasteiger partial charge in [0.2, 0.25) is 0 Å². The van der Waals surface area contributed by atoms with Crippen molar-refractivity contribution in [3.63, 3.8) is 0 Å². The third kappa shape index (κ3) is 4.53. The van der Waals surface area contributed by atoms with E-state index in [1.54, 1.807) is 12.1 Å². The fraction of sp³-hybridized carbons (Fsp3) is 0.538. The molecule has 0 amide bonds. The van der Waals surface area contributed by atoms with Crippen LogP contribution in [-0.4, -0.2) is 36.2 Å². The molecule has 3 heteroatoms. The van der Waals surface area contributed by atoms with Gasteiger partial charge in [0.1, 0.15) is 5.75 Å². The number of phenols is 1. The van der Waals surface area contributed by atoms with Crippen LogP contribution in [0.4, 0.5) is 5.69 Å². The molecule has 0 aliphatic heterocycles. The van der Waals surface area contributed by atoms with Gasteiger partial charge in [0, 0.05) is 18.3 Å². The van der Waals surface area contributed by atoms with Crippen molar-refractivity contribution in [2.75, 3.05) is 31.5 Å². The van der Waals surface area contributed by atoms with E-state index in [4.69, 9.17) is 0 Å². The third-order valence-corrected chi connectivity index (χ3v) is 2.72. The molecular formula is C13H22N2O. The van der Waals surface area contributed by atoms with Crippen LogP contribution in [-0.2, 0) is 0 Å². The van der Waals surface area contributed by atoms with Crippen molar-refractivity contribution < 1.29 is 5.11 Å². The highest BCUT2D eigenvalue weighted by Gasteiger charge is 1.98. The molecule has 16 heavy (non-hydrogen) atoms. The highest BCUT2D eigenvalue weighted by Crippen LogP contribution is 2.14. The third-order valence-electron chi connectivity index (χ3n) is 2.72. The second kappa shape index (κ2) is 7.12. The molecule has 2 N–H and O–H groups in total. The molecule has 90 valence electrons. The van der Waals surface area contributed by atoms with Gasteiger partial charge in [0.05, 0.1) is 0 Å². The predicted octanol–water partition coefficient (Wildman–Crippen LogP) is 2.54. The van der Waals surface area contributed by atoms with E-state index in [2.05, 4.69) is 24.1 Å². The largest absolute Gasteiger partial charge is 0.508 e.